The molecule has 4 nitrogen and oxygen atoms in total. The van der Waals surface area contributed by atoms with Gasteiger partial charge in [0, 0.05) is 22.3 Å². The van der Waals surface area contributed by atoms with Crippen LogP contribution in [0.5, 0.6) is 0 Å². The second-order valence-corrected chi connectivity index (χ2v) is 7.95. The zero-order valence-electron chi connectivity index (χ0n) is 12.1. The molecule has 0 aliphatic rings. The van der Waals surface area contributed by atoms with Crippen LogP contribution in [0.4, 0.5) is 0 Å². The molecule has 0 atom stereocenters. The number of hydrogen-bond acceptors (Lipinski definition) is 4. The molecule has 1 aromatic heterocycles. The zero-order valence-corrected chi connectivity index (χ0v) is 13.7. The van der Waals surface area contributed by atoms with E-state index in [1.165, 1.54) is 11.3 Å². The predicted octanol–water partition coefficient (Wildman–Crippen LogP) is 2.71. The van der Waals surface area contributed by atoms with E-state index in [2.05, 4.69) is 17.0 Å². The third-order valence-corrected chi connectivity index (χ3v) is 5.54. The molecule has 110 valence electrons. The molecule has 0 aliphatic heterocycles. The highest BCUT2D eigenvalue weighted by atomic mass is 32.2. The maximum atomic E-state index is 12.3. The Hall–Kier alpha value is -0.430. The summed E-state index contributed by atoms with van der Waals surface area (Å²) in [5.41, 5.74) is -0.405. The van der Waals surface area contributed by atoms with Gasteiger partial charge < -0.3 is 5.32 Å². The Morgan fingerprint density at radius 1 is 1.32 bits per heavy atom. The second-order valence-electron chi connectivity index (χ2n) is 5.27. The van der Waals surface area contributed by atoms with Gasteiger partial charge in [0.25, 0.3) is 0 Å². The van der Waals surface area contributed by atoms with Gasteiger partial charge >= 0.3 is 0 Å². The fraction of sp³-hybridized carbons (Fsp3) is 0.692. The molecular weight excluding hydrogens is 280 g/mol. The van der Waals surface area contributed by atoms with Crippen molar-refractivity contribution in [1.82, 2.24) is 10.0 Å². The van der Waals surface area contributed by atoms with Crippen LogP contribution in [0, 0.1) is 0 Å². The zero-order chi connectivity index (χ0) is 14.5. The second kappa shape index (κ2) is 6.83. The first-order valence-corrected chi connectivity index (χ1v) is 8.99. The van der Waals surface area contributed by atoms with Gasteiger partial charge in [0.15, 0.2) is 0 Å². The molecule has 1 aromatic rings. The number of sulfonamides is 1. The van der Waals surface area contributed by atoms with Crippen LogP contribution >= 0.6 is 11.3 Å². The molecule has 0 aliphatic carbocycles. The Labute approximate surface area is 120 Å². The molecule has 0 spiro atoms. The fourth-order valence-electron chi connectivity index (χ4n) is 1.94. The van der Waals surface area contributed by atoms with Crippen molar-refractivity contribution in [2.75, 3.05) is 6.54 Å². The normalized spacial score (nSPS) is 12.8. The van der Waals surface area contributed by atoms with Crippen molar-refractivity contribution in [3.05, 3.63) is 16.3 Å². The van der Waals surface area contributed by atoms with Gasteiger partial charge in [-0.25, -0.2) is 13.1 Å². The van der Waals surface area contributed by atoms with E-state index in [9.17, 15) is 8.42 Å². The molecular formula is C13H24N2O2S2. The van der Waals surface area contributed by atoms with Crippen LogP contribution in [-0.4, -0.2) is 20.5 Å². The number of thiophene rings is 1. The van der Waals surface area contributed by atoms with Crippen LogP contribution in [0.3, 0.4) is 0 Å². The average Bonchev–Trinajstić information content (AvgIpc) is 2.73. The molecule has 0 saturated heterocycles. The van der Waals surface area contributed by atoms with E-state index in [1.807, 2.05) is 20.8 Å². The minimum Gasteiger partial charge on any atom is -0.312 e. The smallest absolute Gasteiger partial charge is 0.241 e. The van der Waals surface area contributed by atoms with Crippen LogP contribution < -0.4 is 10.0 Å². The predicted molar refractivity (Wildman–Crippen MR) is 81.0 cm³/mol. The van der Waals surface area contributed by atoms with Crippen LogP contribution in [0.1, 0.15) is 45.4 Å². The summed E-state index contributed by atoms with van der Waals surface area (Å²) in [5.74, 6) is 0. The third-order valence-electron chi connectivity index (χ3n) is 2.77. The highest BCUT2D eigenvalue weighted by molar-refractivity contribution is 7.89. The summed E-state index contributed by atoms with van der Waals surface area (Å²) in [6.45, 7) is 9.51. The summed E-state index contributed by atoms with van der Waals surface area (Å²) >= 11 is 1.47. The van der Waals surface area contributed by atoms with Gasteiger partial charge in [-0.1, -0.05) is 20.3 Å². The molecule has 0 aromatic carbocycles. The van der Waals surface area contributed by atoms with E-state index in [1.54, 1.807) is 11.4 Å². The van der Waals surface area contributed by atoms with Gasteiger partial charge in [-0.3, -0.25) is 0 Å². The standard InChI is InChI=1S/C13H24N2O2S2/c1-5-7-13(3,4)15-19(16,17)12-8-11(18-10-12)9-14-6-2/h8,10,14-15H,5-7,9H2,1-4H3. The first kappa shape index (κ1) is 16.6. The first-order chi connectivity index (χ1) is 8.80. The van der Waals surface area contributed by atoms with Gasteiger partial charge in [-0.2, -0.15) is 0 Å². The SMILES string of the molecule is CCCC(C)(C)NS(=O)(=O)c1csc(CNCC)c1. The van der Waals surface area contributed by atoms with E-state index in [0.717, 1.165) is 30.8 Å². The van der Waals surface area contributed by atoms with E-state index in [-0.39, 0.29) is 0 Å². The molecule has 1 heterocycles. The van der Waals surface area contributed by atoms with Crippen molar-refractivity contribution in [3.8, 4) is 0 Å². The minimum atomic E-state index is -3.41. The molecule has 2 N–H and O–H groups in total. The summed E-state index contributed by atoms with van der Waals surface area (Å²) in [6.07, 6.45) is 1.77. The van der Waals surface area contributed by atoms with E-state index in [4.69, 9.17) is 0 Å². The van der Waals surface area contributed by atoms with Crippen LogP contribution in [0.25, 0.3) is 0 Å². The van der Waals surface area contributed by atoms with Crippen molar-refractivity contribution in [3.63, 3.8) is 0 Å². The van der Waals surface area contributed by atoms with Crippen molar-refractivity contribution in [2.45, 2.75) is 57.5 Å². The lowest BCUT2D eigenvalue weighted by molar-refractivity contribution is 0.418. The highest BCUT2D eigenvalue weighted by Crippen LogP contribution is 2.22. The Bertz CT molecular complexity index is 492. The van der Waals surface area contributed by atoms with Gasteiger partial charge in [-0.05, 0) is 32.9 Å². The van der Waals surface area contributed by atoms with Crippen LogP contribution in [0.2, 0.25) is 0 Å². The Balaban J connectivity index is 2.80. The maximum absolute atomic E-state index is 12.3. The average molecular weight is 304 g/mol. The molecule has 0 radical (unpaired) electrons. The molecule has 6 heteroatoms. The number of nitrogens with one attached hydrogen (secondary N) is 2. The highest BCUT2D eigenvalue weighted by Gasteiger charge is 2.26. The molecule has 1 rings (SSSR count). The van der Waals surface area contributed by atoms with E-state index in [0.29, 0.717) is 4.90 Å². The molecule has 19 heavy (non-hydrogen) atoms. The van der Waals surface area contributed by atoms with Crippen LogP contribution in [0.15, 0.2) is 16.3 Å². The summed E-state index contributed by atoms with van der Waals surface area (Å²) in [6, 6.07) is 1.75. The summed E-state index contributed by atoms with van der Waals surface area (Å²) < 4.78 is 27.3. The minimum absolute atomic E-state index is 0.370. The maximum Gasteiger partial charge on any atom is 0.241 e. The number of hydrogen-bond donors (Lipinski definition) is 2. The summed E-state index contributed by atoms with van der Waals surface area (Å²) in [4.78, 5) is 1.41. The molecule has 0 fully saturated rings. The van der Waals surface area contributed by atoms with Crippen LogP contribution in [-0.2, 0) is 16.6 Å². The topological polar surface area (TPSA) is 58.2 Å². The monoisotopic (exact) mass is 304 g/mol. The van der Waals surface area contributed by atoms with Gasteiger partial charge in [0.1, 0.15) is 0 Å². The Morgan fingerprint density at radius 2 is 2.00 bits per heavy atom. The lowest BCUT2D eigenvalue weighted by Crippen LogP contribution is -2.42. The van der Waals surface area contributed by atoms with Crippen molar-refractivity contribution < 1.29 is 8.42 Å². The largest absolute Gasteiger partial charge is 0.312 e. The van der Waals surface area contributed by atoms with Gasteiger partial charge in [0.2, 0.25) is 10.0 Å². The van der Waals surface area contributed by atoms with Gasteiger partial charge in [-0.15, -0.1) is 11.3 Å². The molecule has 0 unspecified atom stereocenters. The van der Waals surface area contributed by atoms with Crippen molar-refractivity contribution >= 4 is 21.4 Å². The Kier molecular flexibility index (Phi) is 5.98. The summed E-state index contributed by atoms with van der Waals surface area (Å²) in [7, 11) is -3.41. The molecule has 0 bridgehead atoms. The van der Waals surface area contributed by atoms with E-state index < -0.39 is 15.6 Å². The van der Waals surface area contributed by atoms with Gasteiger partial charge in [0.05, 0.1) is 4.90 Å². The third kappa shape index (κ3) is 5.22. The molecule has 0 saturated carbocycles. The lowest BCUT2D eigenvalue weighted by Gasteiger charge is -2.25. The quantitative estimate of drug-likeness (QED) is 0.776. The fourth-order valence-corrected chi connectivity index (χ4v) is 4.63. The first-order valence-electron chi connectivity index (χ1n) is 6.63. The van der Waals surface area contributed by atoms with Crippen molar-refractivity contribution in [2.24, 2.45) is 0 Å². The molecule has 0 amide bonds. The summed E-state index contributed by atoms with van der Waals surface area (Å²) in [5, 5.41) is 4.90. The van der Waals surface area contributed by atoms with Crippen molar-refractivity contribution in [1.29, 1.82) is 0 Å². The number of rotatable bonds is 8. The van der Waals surface area contributed by atoms with E-state index >= 15 is 0 Å². The Morgan fingerprint density at radius 3 is 2.58 bits per heavy atom. The lowest BCUT2D eigenvalue weighted by atomic mass is 10.0.